The number of hydrogen-bond donors (Lipinski definition) is 2. The molecule has 0 bridgehead atoms. The molecule has 1 aromatic carbocycles. The highest BCUT2D eigenvalue weighted by Gasteiger charge is 2.21. The Labute approximate surface area is 191 Å². The third-order valence-corrected chi connectivity index (χ3v) is 5.65. The first-order valence-corrected chi connectivity index (χ1v) is 10.4. The second-order valence-corrected chi connectivity index (χ2v) is 7.86. The molecule has 0 spiro atoms. The van der Waals surface area contributed by atoms with E-state index in [4.69, 9.17) is 4.74 Å². The molecule has 1 aromatic rings. The van der Waals surface area contributed by atoms with Gasteiger partial charge in [-0.15, -0.1) is 24.0 Å². The predicted octanol–water partition coefficient (Wildman–Crippen LogP) is 2.82. The van der Waals surface area contributed by atoms with E-state index in [0.717, 1.165) is 50.5 Å². The number of halogens is 2. The summed E-state index contributed by atoms with van der Waals surface area (Å²) < 4.78 is 19.9. The summed E-state index contributed by atoms with van der Waals surface area (Å²) in [6, 6.07) is 6.51. The molecule has 2 aliphatic rings. The van der Waals surface area contributed by atoms with Crippen LogP contribution in [0.3, 0.4) is 0 Å². The van der Waals surface area contributed by atoms with Gasteiger partial charge in [-0.05, 0) is 44.4 Å². The zero-order chi connectivity index (χ0) is 19.9. The molecule has 3 rings (SSSR count). The van der Waals surface area contributed by atoms with Gasteiger partial charge in [-0.1, -0.05) is 6.07 Å². The van der Waals surface area contributed by atoms with Crippen LogP contribution in [0.5, 0.6) is 0 Å². The van der Waals surface area contributed by atoms with Crippen LogP contribution in [0.15, 0.2) is 23.2 Å². The van der Waals surface area contributed by atoms with Crippen molar-refractivity contribution in [2.24, 2.45) is 4.99 Å². The fourth-order valence-corrected chi connectivity index (χ4v) is 3.86. The monoisotopic (exact) mass is 519 g/mol. The molecule has 29 heavy (non-hydrogen) atoms. The number of hydrogen-bond acceptors (Lipinski definition) is 4. The molecule has 0 aromatic heterocycles. The Morgan fingerprint density at radius 2 is 1.90 bits per heavy atom. The number of ether oxygens (including phenoxy) is 1. The van der Waals surface area contributed by atoms with E-state index in [2.05, 4.69) is 34.4 Å². The first-order chi connectivity index (χ1) is 13.6. The van der Waals surface area contributed by atoms with Gasteiger partial charge in [0.25, 0.3) is 0 Å². The quantitative estimate of drug-likeness (QED) is 0.356. The Morgan fingerprint density at radius 1 is 1.21 bits per heavy atom. The highest BCUT2D eigenvalue weighted by molar-refractivity contribution is 14.0. The zero-order valence-electron chi connectivity index (χ0n) is 17.8. The maximum Gasteiger partial charge on any atom is 0.191 e. The fraction of sp³-hybridized carbons (Fsp3) is 0.667. The number of aliphatic imine (C=N–C) groups is 1. The number of guanidine groups is 1. The van der Waals surface area contributed by atoms with E-state index in [1.165, 1.54) is 0 Å². The third-order valence-electron chi connectivity index (χ3n) is 5.65. The van der Waals surface area contributed by atoms with E-state index < -0.39 is 0 Å². The molecule has 0 aliphatic carbocycles. The normalized spacial score (nSPS) is 19.2. The largest absolute Gasteiger partial charge is 0.378 e. The summed E-state index contributed by atoms with van der Waals surface area (Å²) in [4.78, 5) is 8.88. The molecule has 2 heterocycles. The minimum absolute atomic E-state index is 0. The van der Waals surface area contributed by atoms with Gasteiger partial charge in [-0.3, -0.25) is 4.99 Å². The molecule has 2 fully saturated rings. The standard InChI is InChI=1S/C21H34FN5O.HI/c1-16(2)26-8-6-18(7-9-26)25-21(23-3)24-15-17-4-5-20(19(22)14-17)27-10-12-28-13-11-27;/h4-5,14,16,18H,6-13,15H2,1-3H3,(H2,23,24,25);1H. The molecule has 0 amide bonds. The molecule has 0 radical (unpaired) electrons. The van der Waals surface area contributed by atoms with E-state index >= 15 is 0 Å². The van der Waals surface area contributed by atoms with Crippen molar-refractivity contribution in [3.8, 4) is 0 Å². The number of benzene rings is 1. The van der Waals surface area contributed by atoms with E-state index in [0.29, 0.717) is 37.5 Å². The minimum atomic E-state index is -0.176. The minimum Gasteiger partial charge on any atom is -0.378 e. The Bertz CT molecular complexity index is 658. The van der Waals surface area contributed by atoms with Crippen LogP contribution in [0.2, 0.25) is 0 Å². The van der Waals surface area contributed by atoms with Crippen LogP contribution in [0.4, 0.5) is 10.1 Å². The van der Waals surface area contributed by atoms with Crippen molar-refractivity contribution in [2.75, 3.05) is 51.3 Å². The predicted molar refractivity (Wildman–Crippen MR) is 128 cm³/mol. The summed E-state index contributed by atoms with van der Waals surface area (Å²) in [6.07, 6.45) is 2.23. The second-order valence-electron chi connectivity index (χ2n) is 7.86. The molecule has 8 heteroatoms. The van der Waals surface area contributed by atoms with E-state index in [-0.39, 0.29) is 29.8 Å². The molecule has 2 saturated heterocycles. The van der Waals surface area contributed by atoms with Crippen LogP contribution < -0.4 is 15.5 Å². The Morgan fingerprint density at radius 3 is 2.48 bits per heavy atom. The second kappa shape index (κ2) is 11.9. The molecule has 164 valence electrons. The first-order valence-electron chi connectivity index (χ1n) is 10.4. The number of likely N-dealkylation sites (tertiary alicyclic amines) is 1. The van der Waals surface area contributed by atoms with Gasteiger partial charge < -0.3 is 25.2 Å². The first kappa shape index (κ1) is 24.1. The van der Waals surface area contributed by atoms with Crippen molar-refractivity contribution < 1.29 is 9.13 Å². The number of nitrogens with zero attached hydrogens (tertiary/aromatic N) is 3. The molecule has 2 N–H and O–H groups in total. The van der Waals surface area contributed by atoms with Crippen molar-refractivity contribution in [1.29, 1.82) is 0 Å². The molecule has 2 aliphatic heterocycles. The molecule has 0 atom stereocenters. The molecule has 6 nitrogen and oxygen atoms in total. The zero-order valence-corrected chi connectivity index (χ0v) is 20.1. The van der Waals surface area contributed by atoms with Gasteiger partial charge in [-0.2, -0.15) is 0 Å². The van der Waals surface area contributed by atoms with Crippen LogP contribution in [0.1, 0.15) is 32.3 Å². The van der Waals surface area contributed by atoms with Crippen LogP contribution >= 0.6 is 24.0 Å². The summed E-state index contributed by atoms with van der Waals surface area (Å²) in [7, 11) is 1.78. The molecular formula is C21H35FIN5O. The van der Waals surface area contributed by atoms with E-state index in [9.17, 15) is 4.39 Å². The lowest BCUT2D eigenvalue weighted by atomic mass is 10.0. The van der Waals surface area contributed by atoms with Crippen LogP contribution in [-0.2, 0) is 11.3 Å². The van der Waals surface area contributed by atoms with Crippen molar-refractivity contribution in [2.45, 2.75) is 45.3 Å². The van der Waals surface area contributed by atoms with Crippen LogP contribution in [0, 0.1) is 5.82 Å². The Kier molecular flexibility index (Phi) is 9.91. The average Bonchev–Trinajstić information content (AvgIpc) is 2.72. The molecule has 0 unspecified atom stereocenters. The van der Waals surface area contributed by atoms with E-state index in [1.807, 2.05) is 17.0 Å². The van der Waals surface area contributed by atoms with Crippen LogP contribution in [-0.4, -0.2) is 69.4 Å². The number of nitrogens with one attached hydrogen (secondary N) is 2. The lowest BCUT2D eigenvalue weighted by Crippen LogP contribution is -2.49. The van der Waals surface area contributed by atoms with Crippen molar-refractivity contribution in [3.63, 3.8) is 0 Å². The van der Waals surface area contributed by atoms with Gasteiger partial charge in [0, 0.05) is 51.9 Å². The van der Waals surface area contributed by atoms with Crippen molar-refractivity contribution >= 4 is 35.6 Å². The van der Waals surface area contributed by atoms with Crippen LogP contribution in [0.25, 0.3) is 0 Å². The van der Waals surface area contributed by atoms with Crippen molar-refractivity contribution in [1.82, 2.24) is 15.5 Å². The lowest BCUT2D eigenvalue weighted by molar-refractivity contribution is 0.122. The maximum atomic E-state index is 14.6. The highest BCUT2D eigenvalue weighted by Crippen LogP contribution is 2.21. The van der Waals surface area contributed by atoms with Gasteiger partial charge in [0.15, 0.2) is 5.96 Å². The van der Waals surface area contributed by atoms with Gasteiger partial charge >= 0.3 is 0 Å². The lowest BCUT2D eigenvalue weighted by Gasteiger charge is -2.35. The van der Waals surface area contributed by atoms with Gasteiger partial charge in [0.05, 0.1) is 18.9 Å². The number of anilines is 1. The summed E-state index contributed by atoms with van der Waals surface area (Å²) >= 11 is 0. The van der Waals surface area contributed by atoms with Gasteiger partial charge in [-0.25, -0.2) is 4.39 Å². The number of piperidine rings is 1. The molecular weight excluding hydrogens is 484 g/mol. The maximum absolute atomic E-state index is 14.6. The van der Waals surface area contributed by atoms with Gasteiger partial charge in [0.2, 0.25) is 0 Å². The van der Waals surface area contributed by atoms with E-state index in [1.54, 1.807) is 13.1 Å². The Hall–Kier alpha value is -1.13. The summed E-state index contributed by atoms with van der Waals surface area (Å²) in [5.41, 5.74) is 1.57. The topological polar surface area (TPSA) is 52.1 Å². The summed E-state index contributed by atoms with van der Waals surface area (Å²) in [5, 5.41) is 6.83. The average molecular weight is 519 g/mol. The number of rotatable bonds is 5. The summed E-state index contributed by atoms with van der Waals surface area (Å²) in [5.74, 6) is 0.603. The third kappa shape index (κ3) is 6.96. The Balaban J connectivity index is 0.00000300. The van der Waals surface area contributed by atoms with Gasteiger partial charge in [0.1, 0.15) is 5.82 Å². The highest BCUT2D eigenvalue weighted by atomic mass is 127. The molecule has 0 saturated carbocycles. The van der Waals surface area contributed by atoms with Crippen molar-refractivity contribution in [3.05, 3.63) is 29.6 Å². The fourth-order valence-electron chi connectivity index (χ4n) is 3.86. The number of morpholine rings is 1. The summed E-state index contributed by atoms with van der Waals surface area (Å²) in [6.45, 7) is 10.0. The smallest absolute Gasteiger partial charge is 0.191 e. The SMILES string of the molecule is CN=C(NCc1ccc(N2CCOCC2)c(F)c1)NC1CCN(C(C)C)CC1.I.